The smallest absolute Gasteiger partial charge is 0.163 e. The zero-order chi connectivity index (χ0) is 22.2. The number of nitrogens with zero attached hydrogens (tertiary/aromatic N) is 4. The maximum Gasteiger partial charge on any atom is 0.163 e. The van der Waals surface area contributed by atoms with Crippen LogP contribution >= 0.6 is 0 Å². The van der Waals surface area contributed by atoms with Gasteiger partial charge in [-0.05, 0) is 29.3 Å². The van der Waals surface area contributed by atoms with Gasteiger partial charge in [0, 0.05) is 28.9 Å². The summed E-state index contributed by atoms with van der Waals surface area (Å²) < 4.78 is 1.83. The van der Waals surface area contributed by atoms with Crippen molar-refractivity contribution in [2.24, 2.45) is 0 Å². The third-order valence-electron chi connectivity index (χ3n) is 5.86. The molecule has 0 aliphatic rings. The van der Waals surface area contributed by atoms with Gasteiger partial charge in [0.05, 0.1) is 23.4 Å². The first-order valence-corrected chi connectivity index (χ1v) is 10.8. The number of aliphatic hydroxyl groups is 1. The van der Waals surface area contributed by atoms with Crippen LogP contribution in [0.3, 0.4) is 0 Å². The molecule has 0 unspecified atom stereocenters. The second kappa shape index (κ2) is 7.97. The Kier molecular flexibility index (Phi) is 4.67. The van der Waals surface area contributed by atoms with E-state index in [1.165, 1.54) is 0 Å². The van der Waals surface area contributed by atoms with Crippen molar-refractivity contribution in [1.82, 2.24) is 19.6 Å². The number of benzene rings is 3. The molecule has 1 N–H and O–H groups in total. The molecule has 0 amide bonds. The van der Waals surface area contributed by atoms with Gasteiger partial charge in [-0.1, -0.05) is 72.8 Å². The molecule has 0 bridgehead atoms. The molecule has 0 spiro atoms. The number of pyridine rings is 1. The van der Waals surface area contributed by atoms with Crippen LogP contribution in [0.25, 0.3) is 50.1 Å². The van der Waals surface area contributed by atoms with Crippen LogP contribution in [0.1, 0.15) is 5.69 Å². The van der Waals surface area contributed by atoms with Gasteiger partial charge in [-0.15, -0.1) is 0 Å². The summed E-state index contributed by atoms with van der Waals surface area (Å²) >= 11 is 0. The number of aliphatic hydroxyl groups excluding tert-OH is 1. The third kappa shape index (κ3) is 3.35. The highest BCUT2D eigenvalue weighted by Gasteiger charge is 2.20. The standard InChI is InChI=1S/C28H20N4O/c33-18-25-23(21-13-14-24-22(16-21)12-7-15-29-24)17-32-28(30-25)26(19-8-3-1-4-9-19)27(31-32)20-10-5-2-6-11-20/h1-17,33H,18H2. The molecule has 0 aliphatic heterocycles. The normalized spacial score (nSPS) is 11.3. The highest BCUT2D eigenvalue weighted by molar-refractivity contribution is 5.91. The maximum absolute atomic E-state index is 10.2. The van der Waals surface area contributed by atoms with E-state index in [1.54, 1.807) is 6.20 Å². The molecule has 3 heterocycles. The first kappa shape index (κ1) is 19.3. The van der Waals surface area contributed by atoms with E-state index in [4.69, 9.17) is 10.1 Å². The summed E-state index contributed by atoms with van der Waals surface area (Å²) in [7, 11) is 0. The Hall–Kier alpha value is -4.35. The first-order valence-electron chi connectivity index (χ1n) is 10.8. The topological polar surface area (TPSA) is 63.3 Å². The molecule has 158 valence electrons. The van der Waals surface area contributed by atoms with Crippen molar-refractivity contribution in [1.29, 1.82) is 0 Å². The van der Waals surface area contributed by atoms with Crippen LogP contribution in [0, 0.1) is 0 Å². The average Bonchev–Trinajstić information content (AvgIpc) is 3.27. The molecule has 0 radical (unpaired) electrons. The van der Waals surface area contributed by atoms with Crippen LogP contribution in [-0.4, -0.2) is 24.7 Å². The van der Waals surface area contributed by atoms with E-state index in [9.17, 15) is 5.11 Å². The number of hydrogen-bond donors (Lipinski definition) is 1. The number of rotatable bonds is 4. The molecule has 0 aliphatic carbocycles. The lowest BCUT2D eigenvalue weighted by molar-refractivity contribution is 0.277. The van der Waals surface area contributed by atoms with Gasteiger partial charge in [-0.2, -0.15) is 5.10 Å². The Morgan fingerprint density at radius 2 is 1.52 bits per heavy atom. The van der Waals surface area contributed by atoms with Gasteiger partial charge in [0.2, 0.25) is 0 Å². The molecule has 5 heteroatoms. The molecule has 5 nitrogen and oxygen atoms in total. The van der Waals surface area contributed by atoms with Crippen molar-refractivity contribution in [2.75, 3.05) is 0 Å². The zero-order valence-corrected chi connectivity index (χ0v) is 17.8. The van der Waals surface area contributed by atoms with Crippen molar-refractivity contribution in [3.05, 3.63) is 109 Å². The van der Waals surface area contributed by atoms with Crippen molar-refractivity contribution >= 4 is 16.6 Å². The van der Waals surface area contributed by atoms with Gasteiger partial charge in [0.15, 0.2) is 5.65 Å². The number of aromatic nitrogens is 4. The summed E-state index contributed by atoms with van der Waals surface area (Å²) in [5.74, 6) is 0. The second-order valence-corrected chi connectivity index (χ2v) is 7.89. The molecule has 0 fully saturated rings. The summed E-state index contributed by atoms with van der Waals surface area (Å²) in [6.45, 7) is -0.170. The van der Waals surface area contributed by atoms with Gasteiger partial charge >= 0.3 is 0 Å². The lowest BCUT2D eigenvalue weighted by Crippen LogP contribution is -2.00. The van der Waals surface area contributed by atoms with E-state index < -0.39 is 0 Å². The second-order valence-electron chi connectivity index (χ2n) is 7.89. The fourth-order valence-electron chi connectivity index (χ4n) is 4.28. The molecule has 33 heavy (non-hydrogen) atoms. The largest absolute Gasteiger partial charge is 0.390 e. The van der Waals surface area contributed by atoms with Gasteiger partial charge < -0.3 is 5.11 Å². The van der Waals surface area contributed by atoms with E-state index in [0.29, 0.717) is 5.69 Å². The molecular formula is C28H20N4O. The van der Waals surface area contributed by atoms with Crippen molar-refractivity contribution in [3.63, 3.8) is 0 Å². The molecule has 6 aromatic rings. The fourth-order valence-corrected chi connectivity index (χ4v) is 4.28. The minimum Gasteiger partial charge on any atom is -0.390 e. The summed E-state index contributed by atoms with van der Waals surface area (Å²) in [5, 5.41) is 16.2. The molecule has 3 aromatic carbocycles. The van der Waals surface area contributed by atoms with Gasteiger partial charge in [0.25, 0.3) is 0 Å². The van der Waals surface area contributed by atoms with Crippen molar-refractivity contribution in [3.8, 4) is 33.5 Å². The average molecular weight is 428 g/mol. The number of hydrogen-bond acceptors (Lipinski definition) is 4. The van der Waals surface area contributed by atoms with Crippen LogP contribution in [0.2, 0.25) is 0 Å². The predicted octanol–water partition coefficient (Wildman–Crippen LogP) is 5.77. The minimum atomic E-state index is -0.170. The Labute approximate surface area is 190 Å². The minimum absolute atomic E-state index is 0.170. The molecule has 3 aromatic heterocycles. The molecular weight excluding hydrogens is 408 g/mol. The molecule has 0 saturated carbocycles. The van der Waals surface area contributed by atoms with E-state index in [2.05, 4.69) is 35.3 Å². The highest BCUT2D eigenvalue weighted by Crippen LogP contribution is 2.36. The van der Waals surface area contributed by atoms with Gasteiger partial charge in [-0.3, -0.25) is 4.98 Å². The van der Waals surface area contributed by atoms with E-state index in [-0.39, 0.29) is 6.61 Å². The van der Waals surface area contributed by atoms with Gasteiger partial charge in [-0.25, -0.2) is 9.50 Å². The molecule has 0 atom stereocenters. The van der Waals surface area contributed by atoms with Crippen LogP contribution in [0.15, 0.2) is 103 Å². The zero-order valence-electron chi connectivity index (χ0n) is 17.8. The summed E-state index contributed by atoms with van der Waals surface area (Å²) in [6.07, 6.45) is 3.75. The Morgan fingerprint density at radius 3 is 2.27 bits per heavy atom. The van der Waals surface area contributed by atoms with Crippen LogP contribution < -0.4 is 0 Å². The van der Waals surface area contributed by atoms with Crippen molar-refractivity contribution < 1.29 is 5.11 Å². The van der Waals surface area contributed by atoms with E-state index in [1.807, 2.05) is 71.4 Å². The Balaban J connectivity index is 1.63. The summed E-state index contributed by atoms with van der Waals surface area (Å²) in [6, 6.07) is 30.3. The predicted molar refractivity (Wildman–Crippen MR) is 131 cm³/mol. The van der Waals surface area contributed by atoms with Gasteiger partial charge in [0.1, 0.15) is 5.69 Å². The SMILES string of the molecule is OCc1nc2c(-c3ccccc3)c(-c3ccccc3)nn2cc1-c1ccc2ncccc2c1. The van der Waals surface area contributed by atoms with Crippen molar-refractivity contribution in [2.45, 2.75) is 6.61 Å². The molecule has 6 rings (SSSR count). The third-order valence-corrected chi connectivity index (χ3v) is 5.86. The monoisotopic (exact) mass is 428 g/mol. The Bertz CT molecular complexity index is 1590. The van der Waals surface area contributed by atoms with Crippen LogP contribution in [-0.2, 0) is 6.61 Å². The van der Waals surface area contributed by atoms with Crippen LogP contribution in [0.5, 0.6) is 0 Å². The highest BCUT2D eigenvalue weighted by atomic mass is 16.3. The lowest BCUT2D eigenvalue weighted by Gasteiger charge is -2.10. The van der Waals surface area contributed by atoms with E-state index in [0.717, 1.165) is 50.1 Å². The van der Waals surface area contributed by atoms with E-state index >= 15 is 0 Å². The molecule has 0 saturated heterocycles. The first-order chi connectivity index (χ1) is 16.3. The van der Waals surface area contributed by atoms with Crippen LogP contribution in [0.4, 0.5) is 0 Å². The summed E-state index contributed by atoms with van der Waals surface area (Å²) in [4.78, 5) is 9.32. The quantitative estimate of drug-likeness (QED) is 0.387. The summed E-state index contributed by atoms with van der Waals surface area (Å²) in [5.41, 5.74) is 7.93. The lowest BCUT2D eigenvalue weighted by atomic mass is 10.0. The Morgan fingerprint density at radius 1 is 0.758 bits per heavy atom. The fraction of sp³-hybridized carbons (Fsp3) is 0.0357. The number of fused-ring (bicyclic) bond motifs is 2. The maximum atomic E-state index is 10.2.